The second-order valence-electron chi connectivity index (χ2n) is 3.58. The number of carbonyl (C=O) groups excluding carboxylic acids is 1. The van der Waals surface area contributed by atoms with Gasteiger partial charge in [0.2, 0.25) is 0 Å². The van der Waals surface area contributed by atoms with Crippen LogP contribution in [0.5, 0.6) is 11.5 Å². The van der Waals surface area contributed by atoms with Crippen molar-refractivity contribution in [2.24, 2.45) is 0 Å². The molecule has 1 atom stereocenters. The Hall–Kier alpha value is -2.28. The maximum absolute atomic E-state index is 11.6. The van der Waals surface area contributed by atoms with Gasteiger partial charge in [-0.3, -0.25) is 4.79 Å². The Bertz CT molecular complexity index is 459. The van der Waals surface area contributed by atoms with E-state index in [4.69, 9.17) is 15.3 Å². The van der Waals surface area contributed by atoms with Crippen LogP contribution in [0.4, 0.5) is 0 Å². The van der Waals surface area contributed by atoms with Gasteiger partial charge in [0.05, 0.1) is 0 Å². The Kier molecular flexibility index (Phi) is 4.50. The molecule has 0 aliphatic rings. The lowest BCUT2D eigenvalue weighted by atomic mass is 10.1. The Labute approximate surface area is 102 Å². The number of carboxylic acids is 1. The van der Waals surface area contributed by atoms with Crippen LogP contribution in [-0.4, -0.2) is 45.0 Å². The first kappa shape index (κ1) is 13.8. The third-order valence-electron chi connectivity index (χ3n) is 2.26. The van der Waals surface area contributed by atoms with E-state index in [1.54, 1.807) is 0 Å². The number of aromatic hydroxyl groups is 2. The predicted molar refractivity (Wildman–Crippen MR) is 60.4 cm³/mol. The van der Waals surface area contributed by atoms with Gasteiger partial charge in [-0.2, -0.15) is 0 Å². The normalized spacial score (nSPS) is 11.8. The van der Waals surface area contributed by atoms with Gasteiger partial charge in [-0.1, -0.05) is 0 Å². The quantitative estimate of drug-likeness (QED) is 0.458. The monoisotopic (exact) mass is 255 g/mol. The molecule has 0 radical (unpaired) electrons. The number of nitrogens with one attached hydrogen (secondary N) is 1. The van der Waals surface area contributed by atoms with Gasteiger partial charge < -0.3 is 25.7 Å². The van der Waals surface area contributed by atoms with Crippen molar-refractivity contribution < 1.29 is 30.0 Å². The highest BCUT2D eigenvalue weighted by molar-refractivity contribution is 5.97. The molecule has 1 rings (SSSR count). The highest BCUT2D eigenvalue weighted by Gasteiger charge is 2.20. The Balaban J connectivity index is 2.80. The Morgan fingerprint density at radius 3 is 2.39 bits per heavy atom. The number of aliphatic carboxylic acids is 1. The van der Waals surface area contributed by atoms with Crippen LogP contribution >= 0.6 is 0 Å². The van der Waals surface area contributed by atoms with Crippen molar-refractivity contribution in [1.82, 2.24) is 5.32 Å². The number of hydrogen-bond donors (Lipinski definition) is 5. The molecule has 0 saturated heterocycles. The van der Waals surface area contributed by atoms with E-state index >= 15 is 0 Å². The molecule has 7 nitrogen and oxygen atoms in total. The number of aliphatic hydroxyl groups is 1. The van der Waals surface area contributed by atoms with E-state index in [1.807, 2.05) is 0 Å². The zero-order valence-corrected chi connectivity index (χ0v) is 9.33. The van der Waals surface area contributed by atoms with E-state index in [0.717, 1.165) is 12.1 Å². The van der Waals surface area contributed by atoms with E-state index in [9.17, 15) is 14.7 Å². The smallest absolute Gasteiger partial charge is 0.326 e. The number of benzene rings is 1. The average molecular weight is 255 g/mol. The van der Waals surface area contributed by atoms with E-state index in [0.29, 0.717) is 0 Å². The zero-order valence-electron chi connectivity index (χ0n) is 9.33. The van der Waals surface area contributed by atoms with Crippen LogP contribution in [0.25, 0.3) is 0 Å². The molecule has 7 heteroatoms. The van der Waals surface area contributed by atoms with Gasteiger partial charge in [0.15, 0.2) is 11.5 Å². The molecular formula is C11H13NO6. The highest BCUT2D eigenvalue weighted by atomic mass is 16.4. The summed E-state index contributed by atoms with van der Waals surface area (Å²) in [4.78, 5) is 22.4. The summed E-state index contributed by atoms with van der Waals surface area (Å²) in [7, 11) is 0. The molecule has 0 bridgehead atoms. The molecule has 0 aliphatic heterocycles. The number of carbonyl (C=O) groups is 2. The van der Waals surface area contributed by atoms with Crippen molar-refractivity contribution in [3.05, 3.63) is 23.8 Å². The van der Waals surface area contributed by atoms with Crippen LogP contribution in [0, 0.1) is 0 Å². The standard InChI is InChI=1S/C11H13NO6/c13-4-3-7(11(17)18)12-10(16)6-1-2-8(14)9(15)5-6/h1-2,5,7,13-15H,3-4H2,(H,12,16)(H,17,18)/t7-/m1/s1. The molecule has 0 spiro atoms. The first-order valence-electron chi connectivity index (χ1n) is 5.12. The number of carboxylic acid groups (broad SMARTS) is 1. The highest BCUT2D eigenvalue weighted by Crippen LogP contribution is 2.24. The minimum atomic E-state index is -1.26. The van der Waals surface area contributed by atoms with Crippen LogP contribution in [0.2, 0.25) is 0 Å². The molecule has 98 valence electrons. The van der Waals surface area contributed by atoms with Crippen molar-refractivity contribution in [2.75, 3.05) is 6.61 Å². The van der Waals surface area contributed by atoms with Gasteiger partial charge in [-0.25, -0.2) is 4.79 Å². The molecule has 0 aliphatic carbocycles. The molecule has 5 N–H and O–H groups in total. The van der Waals surface area contributed by atoms with E-state index in [-0.39, 0.29) is 24.3 Å². The average Bonchev–Trinajstić information content (AvgIpc) is 2.31. The van der Waals surface area contributed by atoms with Crippen molar-refractivity contribution in [3.8, 4) is 11.5 Å². The summed E-state index contributed by atoms with van der Waals surface area (Å²) in [5.41, 5.74) is 0.00879. The zero-order chi connectivity index (χ0) is 13.7. The number of rotatable bonds is 5. The van der Waals surface area contributed by atoms with E-state index in [1.165, 1.54) is 6.07 Å². The summed E-state index contributed by atoms with van der Waals surface area (Å²) in [5, 5.41) is 37.9. The van der Waals surface area contributed by atoms with Crippen molar-refractivity contribution >= 4 is 11.9 Å². The molecular weight excluding hydrogens is 242 g/mol. The second kappa shape index (κ2) is 5.87. The van der Waals surface area contributed by atoms with E-state index < -0.39 is 23.7 Å². The van der Waals surface area contributed by atoms with Gasteiger partial charge in [-0.05, 0) is 18.2 Å². The maximum Gasteiger partial charge on any atom is 0.326 e. The summed E-state index contributed by atoms with van der Waals surface area (Å²) in [6, 6.07) is 2.16. The topological polar surface area (TPSA) is 127 Å². The number of phenols is 2. The largest absolute Gasteiger partial charge is 0.504 e. The number of hydrogen-bond acceptors (Lipinski definition) is 5. The minimum absolute atomic E-state index is 0.00879. The van der Waals surface area contributed by atoms with Gasteiger partial charge in [0.1, 0.15) is 6.04 Å². The molecule has 0 saturated carbocycles. The summed E-state index contributed by atoms with van der Waals surface area (Å²) in [6.45, 7) is -0.377. The predicted octanol–water partition coefficient (Wildman–Crippen LogP) is -0.337. The molecule has 0 unspecified atom stereocenters. The first-order chi connectivity index (χ1) is 8.45. The Morgan fingerprint density at radius 2 is 1.89 bits per heavy atom. The van der Waals surface area contributed by atoms with Crippen LogP contribution in [0.3, 0.4) is 0 Å². The van der Waals surface area contributed by atoms with Gasteiger partial charge in [0, 0.05) is 18.6 Å². The van der Waals surface area contributed by atoms with Crippen LogP contribution < -0.4 is 5.32 Å². The Morgan fingerprint density at radius 1 is 1.22 bits per heavy atom. The third-order valence-corrected chi connectivity index (χ3v) is 2.26. The lowest BCUT2D eigenvalue weighted by Gasteiger charge is -2.13. The summed E-state index contributed by atoms with van der Waals surface area (Å²) in [5.74, 6) is -2.83. The molecule has 0 heterocycles. The molecule has 1 aromatic carbocycles. The van der Waals surface area contributed by atoms with Gasteiger partial charge in [0.25, 0.3) is 5.91 Å². The lowest BCUT2D eigenvalue weighted by Crippen LogP contribution is -2.41. The number of amides is 1. The van der Waals surface area contributed by atoms with Gasteiger partial charge in [-0.15, -0.1) is 0 Å². The number of aliphatic hydroxyl groups excluding tert-OH is 1. The van der Waals surface area contributed by atoms with E-state index in [2.05, 4.69) is 5.32 Å². The summed E-state index contributed by atoms with van der Waals surface area (Å²) in [6.07, 6.45) is -0.120. The van der Waals surface area contributed by atoms with Crippen molar-refractivity contribution in [3.63, 3.8) is 0 Å². The molecule has 0 fully saturated rings. The van der Waals surface area contributed by atoms with Gasteiger partial charge >= 0.3 is 5.97 Å². The second-order valence-corrected chi connectivity index (χ2v) is 3.58. The fourth-order valence-electron chi connectivity index (χ4n) is 1.29. The molecule has 0 aromatic heterocycles. The number of phenolic OH excluding ortho intramolecular Hbond substituents is 2. The SMILES string of the molecule is O=C(N[C@H](CCO)C(=O)O)c1ccc(O)c(O)c1. The van der Waals surface area contributed by atoms with Crippen LogP contribution in [-0.2, 0) is 4.79 Å². The van der Waals surface area contributed by atoms with Crippen LogP contribution in [0.1, 0.15) is 16.8 Å². The summed E-state index contributed by atoms with van der Waals surface area (Å²) < 4.78 is 0. The summed E-state index contributed by atoms with van der Waals surface area (Å²) >= 11 is 0. The fourth-order valence-corrected chi connectivity index (χ4v) is 1.29. The minimum Gasteiger partial charge on any atom is -0.504 e. The lowest BCUT2D eigenvalue weighted by molar-refractivity contribution is -0.139. The van der Waals surface area contributed by atoms with Crippen molar-refractivity contribution in [2.45, 2.75) is 12.5 Å². The maximum atomic E-state index is 11.6. The molecule has 18 heavy (non-hydrogen) atoms. The fraction of sp³-hybridized carbons (Fsp3) is 0.273. The van der Waals surface area contributed by atoms with Crippen molar-refractivity contribution in [1.29, 1.82) is 0 Å². The first-order valence-corrected chi connectivity index (χ1v) is 5.12. The molecule has 1 aromatic rings. The third kappa shape index (κ3) is 3.36. The molecule has 1 amide bonds. The van der Waals surface area contributed by atoms with Crippen LogP contribution in [0.15, 0.2) is 18.2 Å².